The molecule has 2 heterocycles. The molecule has 0 radical (unpaired) electrons. The number of hydrogen-bond acceptors (Lipinski definition) is 8. The van der Waals surface area contributed by atoms with Gasteiger partial charge in [-0.25, -0.2) is 9.78 Å². The smallest absolute Gasteiger partial charge is 0.329 e. The lowest BCUT2D eigenvalue weighted by molar-refractivity contribution is -0.151. The van der Waals surface area contributed by atoms with E-state index >= 15 is 0 Å². The fraction of sp³-hybridized carbons (Fsp3) is 0.310. The second kappa shape index (κ2) is 15.4. The summed E-state index contributed by atoms with van der Waals surface area (Å²) < 4.78 is 5.72. The van der Waals surface area contributed by atoms with Crippen LogP contribution in [0.4, 0.5) is 0 Å². The monoisotopic (exact) mass is 564 g/mol. The number of amides is 3. The highest BCUT2D eigenvalue weighted by Gasteiger charge is 2.28. The van der Waals surface area contributed by atoms with Crippen LogP contribution in [0.1, 0.15) is 48.4 Å². The Bertz CT molecular complexity index is 1290. The van der Waals surface area contributed by atoms with E-state index in [1.807, 2.05) is 30.3 Å². The van der Waals surface area contributed by atoms with Crippen LogP contribution in [0.2, 0.25) is 0 Å². The van der Waals surface area contributed by atoms with Gasteiger partial charge in [-0.3, -0.25) is 19.2 Å². The maximum Gasteiger partial charge on any atom is 0.329 e. The molecule has 3 rings (SSSR count). The highest BCUT2D eigenvalue weighted by atomic mass is 32.2. The molecule has 3 amide bonds. The minimum Gasteiger partial charge on any atom is -0.456 e. The summed E-state index contributed by atoms with van der Waals surface area (Å²) in [4.78, 5) is 67.6. The van der Waals surface area contributed by atoms with Crippen LogP contribution in [0, 0.1) is 0 Å². The van der Waals surface area contributed by atoms with Crippen molar-refractivity contribution in [3.63, 3.8) is 0 Å². The Labute approximate surface area is 237 Å². The van der Waals surface area contributed by atoms with E-state index in [0.717, 1.165) is 5.56 Å². The average Bonchev–Trinajstić information content (AvgIpc) is 2.94. The van der Waals surface area contributed by atoms with Crippen molar-refractivity contribution < 1.29 is 28.7 Å². The fourth-order valence-electron chi connectivity index (χ4n) is 3.77. The van der Waals surface area contributed by atoms with Crippen LogP contribution in [0.5, 0.6) is 0 Å². The van der Waals surface area contributed by atoms with Crippen LogP contribution in [-0.4, -0.2) is 51.7 Å². The van der Waals surface area contributed by atoms with Crippen molar-refractivity contribution in [2.24, 2.45) is 0 Å². The van der Waals surface area contributed by atoms with Crippen molar-refractivity contribution in [2.75, 3.05) is 5.75 Å². The summed E-state index contributed by atoms with van der Waals surface area (Å²) in [6.07, 6.45) is 4.35. The molecule has 40 heavy (non-hydrogen) atoms. The molecule has 2 bridgehead atoms. The Morgan fingerprint density at radius 1 is 1.07 bits per heavy atom. The summed E-state index contributed by atoms with van der Waals surface area (Å²) in [7, 11) is 0. The van der Waals surface area contributed by atoms with Gasteiger partial charge in [0, 0.05) is 19.1 Å². The number of hydrogen-bond donors (Lipinski definition) is 3. The number of thioether (sulfide) groups is 1. The molecule has 11 heteroatoms. The van der Waals surface area contributed by atoms with Gasteiger partial charge in [0.05, 0.1) is 18.7 Å². The number of cyclic esters (lactones) is 1. The summed E-state index contributed by atoms with van der Waals surface area (Å²) in [5.41, 5.74) is 1.23. The van der Waals surface area contributed by atoms with Crippen molar-refractivity contribution in [1.82, 2.24) is 20.9 Å². The number of carbonyl (C=O) groups is 5. The molecule has 210 valence electrons. The molecule has 2 atom stereocenters. The predicted molar refractivity (Wildman–Crippen MR) is 151 cm³/mol. The second-order valence-electron chi connectivity index (χ2n) is 8.90. The molecule has 0 saturated heterocycles. The molecular formula is C29H32N4O6S. The van der Waals surface area contributed by atoms with Crippen LogP contribution < -0.4 is 16.0 Å². The van der Waals surface area contributed by atoms with Gasteiger partial charge in [0.2, 0.25) is 5.91 Å². The van der Waals surface area contributed by atoms with Crippen LogP contribution in [-0.2, 0) is 36.9 Å². The number of nitrogens with zero attached hydrogens (tertiary/aromatic N) is 1. The molecule has 0 saturated carbocycles. The Morgan fingerprint density at radius 2 is 1.85 bits per heavy atom. The van der Waals surface area contributed by atoms with Gasteiger partial charge in [-0.15, -0.1) is 0 Å². The summed E-state index contributed by atoms with van der Waals surface area (Å²) in [6.45, 7) is 3.12. The molecule has 0 spiro atoms. The van der Waals surface area contributed by atoms with E-state index < -0.39 is 35.8 Å². The maximum atomic E-state index is 13.4. The minimum atomic E-state index is -1.11. The van der Waals surface area contributed by atoms with Gasteiger partial charge in [0.1, 0.15) is 23.5 Å². The number of fused-ring (bicyclic) bond motifs is 2. The van der Waals surface area contributed by atoms with E-state index in [9.17, 15) is 24.0 Å². The normalized spacial score (nSPS) is 20.0. The Morgan fingerprint density at radius 3 is 2.58 bits per heavy atom. The number of pyridine rings is 1. The quantitative estimate of drug-likeness (QED) is 0.210. The van der Waals surface area contributed by atoms with Crippen molar-refractivity contribution in [1.29, 1.82) is 0 Å². The summed E-state index contributed by atoms with van der Waals surface area (Å²) in [6, 6.07) is 12.8. The van der Waals surface area contributed by atoms with E-state index in [-0.39, 0.29) is 35.9 Å². The first kappa shape index (κ1) is 30.3. The first-order chi connectivity index (χ1) is 19.2. The zero-order chi connectivity index (χ0) is 28.9. The average molecular weight is 565 g/mol. The van der Waals surface area contributed by atoms with Gasteiger partial charge < -0.3 is 20.7 Å². The standard InChI is InChI=1S/C29H32N4O6S/c1-3-23-27(36)33-25(16-20-10-5-4-6-11-20)29(38)39-22(13-7-8-15-40-19(2)34)17-26(35)30-18-21-12-9-14-24(31-21)28(37)32-23/h3-7,9-14,22,25H,8,15-18H2,1-2H3,(H,30,35)(H,32,37)(H,33,36)/b13-7+,23-3-/t22-,25+/m1/s1. The molecule has 0 aliphatic carbocycles. The molecule has 2 aromatic rings. The van der Waals surface area contributed by atoms with E-state index in [4.69, 9.17) is 4.74 Å². The van der Waals surface area contributed by atoms with Crippen molar-refractivity contribution in [3.05, 3.63) is 89.4 Å². The third kappa shape index (κ3) is 9.81. The van der Waals surface area contributed by atoms with Crippen LogP contribution in [0.15, 0.2) is 72.5 Å². The Balaban J connectivity index is 1.91. The van der Waals surface area contributed by atoms with Gasteiger partial charge in [-0.1, -0.05) is 60.3 Å². The first-order valence-electron chi connectivity index (χ1n) is 12.8. The Kier molecular flexibility index (Phi) is 11.6. The zero-order valence-electron chi connectivity index (χ0n) is 22.3. The van der Waals surface area contributed by atoms with Gasteiger partial charge in [-0.2, -0.15) is 0 Å². The first-order valence-corrected chi connectivity index (χ1v) is 13.8. The fourth-order valence-corrected chi connectivity index (χ4v) is 4.31. The van der Waals surface area contributed by atoms with Gasteiger partial charge in [-0.05, 0) is 37.1 Å². The highest BCUT2D eigenvalue weighted by molar-refractivity contribution is 8.13. The number of rotatable bonds is 6. The lowest BCUT2D eigenvalue weighted by Crippen LogP contribution is -2.47. The molecule has 0 fully saturated rings. The number of carbonyl (C=O) groups excluding carboxylic acids is 5. The lowest BCUT2D eigenvalue weighted by Gasteiger charge is -2.22. The van der Waals surface area contributed by atoms with Gasteiger partial charge in [0.15, 0.2) is 5.12 Å². The number of allylic oxidation sites excluding steroid dienone is 2. The second-order valence-corrected chi connectivity index (χ2v) is 10.2. The zero-order valence-corrected chi connectivity index (χ0v) is 23.2. The highest BCUT2D eigenvalue weighted by Crippen LogP contribution is 2.12. The summed E-state index contributed by atoms with van der Waals surface area (Å²) in [5.74, 6) is -1.88. The molecule has 10 nitrogen and oxygen atoms in total. The molecule has 1 aliphatic heterocycles. The van der Waals surface area contributed by atoms with E-state index in [1.165, 1.54) is 30.8 Å². The molecule has 0 unspecified atom stereocenters. The van der Waals surface area contributed by atoms with Crippen molar-refractivity contribution in [2.45, 2.75) is 51.8 Å². The van der Waals surface area contributed by atoms with E-state index in [0.29, 0.717) is 17.9 Å². The number of benzene rings is 1. The molecular weight excluding hydrogens is 532 g/mol. The number of esters is 1. The van der Waals surface area contributed by atoms with Gasteiger partial charge >= 0.3 is 5.97 Å². The summed E-state index contributed by atoms with van der Waals surface area (Å²) >= 11 is 1.17. The van der Waals surface area contributed by atoms with Crippen LogP contribution in [0.3, 0.4) is 0 Å². The van der Waals surface area contributed by atoms with Crippen LogP contribution in [0.25, 0.3) is 0 Å². The predicted octanol–water partition coefficient (Wildman–Crippen LogP) is 2.60. The van der Waals surface area contributed by atoms with Gasteiger partial charge in [0.25, 0.3) is 11.8 Å². The van der Waals surface area contributed by atoms with E-state index in [1.54, 1.807) is 31.2 Å². The maximum absolute atomic E-state index is 13.4. The largest absolute Gasteiger partial charge is 0.456 e. The van der Waals surface area contributed by atoms with Crippen molar-refractivity contribution in [3.8, 4) is 0 Å². The lowest BCUT2D eigenvalue weighted by atomic mass is 10.1. The molecule has 3 N–H and O–H groups in total. The summed E-state index contributed by atoms with van der Waals surface area (Å²) in [5, 5.41) is 7.94. The topological polar surface area (TPSA) is 144 Å². The molecule has 1 aliphatic rings. The Hall–Kier alpha value is -4.25. The molecule has 1 aromatic heterocycles. The number of ether oxygens (including phenoxy) is 1. The van der Waals surface area contributed by atoms with Crippen LogP contribution >= 0.6 is 11.8 Å². The SMILES string of the molecule is C/C=C1\NC(=O)c2cccc(n2)CNC(=O)C[C@@H](/C=C/CCSC(C)=O)OC(=O)[C@H](Cc2ccccc2)NC1=O. The third-order valence-corrected chi connectivity index (χ3v) is 6.60. The number of aromatic nitrogens is 1. The van der Waals surface area contributed by atoms with E-state index in [2.05, 4.69) is 20.9 Å². The number of nitrogens with one attached hydrogen (secondary N) is 3. The third-order valence-electron chi connectivity index (χ3n) is 5.75. The minimum absolute atomic E-state index is 0.00206. The van der Waals surface area contributed by atoms with Crippen molar-refractivity contribution >= 4 is 40.6 Å². The molecule has 1 aromatic carbocycles.